The van der Waals surface area contributed by atoms with Crippen LogP contribution in [0, 0.1) is 6.92 Å². The molecule has 70 valence electrons. The topological polar surface area (TPSA) is 57.5 Å². The summed E-state index contributed by atoms with van der Waals surface area (Å²) >= 11 is 1.35. The molecule has 0 aliphatic carbocycles. The Morgan fingerprint density at radius 2 is 2.08 bits per heavy atom. The van der Waals surface area contributed by atoms with E-state index in [4.69, 9.17) is 5.11 Å². The molecule has 0 saturated carbocycles. The molecule has 0 unspecified atom stereocenters. The largest absolute Gasteiger partial charge is 0.508 e. The van der Waals surface area contributed by atoms with Crippen molar-refractivity contribution in [2.45, 2.75) is 11.8 Å². The van der Waals surface area contributed by atoms with Crippen LogP contribution < -0.4 is 0 Å². The molecule has 0 atom stereocenters. The van der Waals surface area contributed by atoms with Gasteiger partial charge in [-0.25, -0.2) is 4.79 Å². The number of phenolic OH excluding ortho intramolecular Hbond substituents is 1. The molecule has 0 aromatic heterocycles. The molecule has 1 aromatic rings. The number of phenols is 1. The molecule has 2 N–H and O–H groups in total. The summed E-state index contributed by atoms with van der Waals surface area (Å²) in [6.45, 7) is 1.74. The summed E-state index contributed by atoms with van der Waals surface area (Å²) < 4.78 is 0. The number of rotatable bonds is 2. The Balaban J connectivity index is 3.33. The maximum absolute atomic E-state index is 10.7. The monoisotopic (exact) mass is 198 g/mol. The lowest BCUT2D eigenvalue weighted by Crippen LogP contribution is -1.99. The molecule has 0 spiro atoms. The maximum Gasteiger partial charge on any atom is 0.336 e. The molecule has 0 heterocycles. The third-order valence-corrected chi connectivity index (χ3v) is 2.53. The van der Waals surface area contributed by atoms with Crippen molar-refractivity contribution in [3.63, 3.8) is 0 Å². The number of aromatic carboxylic acids is 1. The summed E-state index contributed by atoms with van der Waals surface area (Å²) in [5.41, 5.74) is 0.838. The number of carboxylic acid groups (broad SMARTS) is 1. The second kappa shape index (κ2) is 3.70. The van der Waals surface area contributed by atoms with Crippen LogP contribution >= 0.6 is 11.8 Å². The number of hydrogen-bond acceptors (Lipinski definition) is 3. The SMILES string of the molecule is CSc1cc(C)c(O)cc1C(=O)O. The van der Waals surface area contributed by atoms with Gasteiger partial charge < -0.3 is 10.2 Å². The zero-order valence-electron chi connectivity index (χ0n) is 7.37. The number of carboxylic acids is 1. The van der Waals surface area contributed by atoms with Crippen molar-refractivity contribution >= 4 is 17.7 Å². The summed E-state index contributed by atoms with van der Waals surface area (Å²) in [5, 5.41) is 18.1. The van der Waals surface area contributed by atoms with Crippen molar-refractivity contribution < 1.29 is 15.0 Å². The number of thioether (sulfide) groups is 1. The van der Waals surface area contributed by atoms with Gasteiger partial charge in [0, 0.05) is 4.90 Å². The van der Waals surface area contributed by atoms with Crippen molar-refractivity contribution in [1.82, 2.24) is 0 Å². The summed E-state index contributed by atoms with van der Waals surface area (Å²) in [5.74, 6) is -0.991. The fourth-order valence-corrected chi connectivity index (χ4v) is 1.67. The van der Waals surface area contributed by atoms with Gasteiger partial charge in [-0.15, -0.1) is 11.8 Å². The van der Waals surface area contributed by atoms with Gasteiger partial charge in [-0.05, 0) is 30.9 Å². The van der Waals surface area contributed by atoms with Gasteiger partial charge in [0.15, 0.2) is 0 Å². The van der Waals surface area contributed by atoms with E-state index in [9.17, 15) is 9.90 Å². The van der Waals surface area contributed by atoms with E-state index >= 15 is 0 Å². The minimum absolute atomic E-state index is 0.0233. The fraction of sp³-hybridized carbons (Fsp3) is 0.222. The van der Waals surface area contributed by atoms with Gasteiger partial charge in [-0.2, -0.15) is 0 Å². The van der Waals surface area contributed by atoms with Crippen LogP contribution in [0.5, 0.6) is 5.75 Å². The van der Waals surface area contributed by atoms with Crippen LogP contribution in [0.1, 0.15) is 15.9 Å². The lowest BCUT2D eigenvalue weighted by atomic mass is 10.1. The molecular weight excluding hydrogens is 188 g/mol. The van der Waals surface area contributed by atoms with Gasteiger partial charge in [-0.1, -0.05) is 0 Å². The first kappa shape index (κ1) is 9.92. The minimum atomic E-state index is -1.01. The maximum atomic E-state index is 10.7. The Labute approximate surface area is 80.4 Å². The van der Waals surface area contributed by atoms with Crippen molar-refractivity contribution in [3.8, 4) is 5.75 Å². The molecule has 0 radical (unpaired) electrons. The summed E-state index contributed by atoms with van der Waals surface area (Å²) in [4.78, 5) is 11.4. The lowest BCUT2D eigenvalue weighted by Gasteiger charge is -2.05. The Morgan fingerprint density at radius 3 is 2.54 bits per heavy atom. The highest BCUT2D eigenvalue weighted by Crippen LogP contribution is 2.27. The highest BCUT2D eigenvalue weighted by molar-refractivity contribution is 7.98. The van der Waals surface area contributed by atoms with Crippen molar-refractivity contribution in [2.24, 2.45) is 0 Å². The molecule has 0 fully saturated rings. The molecule has 4 heteroatoms. The number of carbonyl (C=O) groups is 1. The highest BCUT2D eigenvalue weighted by Gasteiger charge is 2.11. The molecule has 1 aromatic carbocycles. The molecular formula is C9H10O3S. The van der Waals surface area contributed by atoms with Gasteiger partial charge in [0.1, 0.15) is 5.75 Å². The van der Waals surface area contributed by atoms with Crippen molar-refractivity contribution in [1.29, 1.82) is 0 Å². The molecule has 1 rings (SSSR count). The fourth-order valence-electron chi connectivity index (χ4n) is 1.01. The number of hydrogen-bond donors (Lipinski definition) is 2. The van der Waals surface area contributed by atoms with Gasteiger partial charge >= 0.3 is 5.97 Å². The Morgan fingerprint density at radius 1 is 1.46 bits per heavy atom. The number of aromatic hydroxyl groups is 1. The summed E-state index contributed by atoms with van der Waals surface area (Å²) in [6, 6.07) is 2.95. The Kier molecular flexibility index (Phi) is 2.83. The van der Waals surface area contributed by atoms with E-state index < -0.39 is 5.97 Å². The van der Waals surface area contributed by atoms with E-state index in [-0.39, 0.29) is 11.3 Å². The summed E-state index contributed by atoms with van der Waals surface area (Å²) in [7, 11) is 0. The third kappa shape index (κ3) is 1.95. The number of aryl methyl sites for hydroxylation is 1. The third-order valence-electron chi connectivity index (χ3n) is 1.75. The van der Waals surface area contributed by atoms with Crippen LogP contribution in [0.25, 0.3) is 0 Å². The quantitative estimate of drug-likeness (QED) is 0.715. The van der Waals surface area contributed by atoms with Gasteiger partial charge in [0.25, 0.3) is 0 Å². The first-order chi connectivity index (χ1) is 6.06. The molecule has 13 heavy (non-hydrogen) atoms. The zero-order chi connectivity index (χ0) is 10.0. The van der Waals surface area contributed by atoms with Gasteiger partial charge in [-0.3, -0.25) is 0 Å². The number of benzene rings is 1. The molecule has 0 aliphatic rings. The van der Waals surface area contributed by atoms with E-state index in [0.717, 1.165) is 0 Å². The average molecular weight is 198 g/mol. The Bertz CT molecular complexity index is 347. The minimum Gasteiger partial charge on any atom is -0.508 e. The van der Waals surface area contributed by atoms with E-state index in [0.29, 0.717) is 10.5 Å². The second-order valence-corrected chi connectivity index (χ2v) is 3.49. The summed E-state index contributed by atoms with van der Waals surface area (Å²) in [6.07, 6.45) is 1.80. The average Bonchev–Trinajstić information content (AvgIpc) is 2.08. The van der Waals surface area contributed by atoms with Crippen molar-refractivity contribution in [2.75, 3.05) is 6.26 Å². The van der Waals surface area contributed by atoms with Crippen LogP contribution in [0.4, 0.5) is 0 Å². The predicted octanol–water partition coefficient (Wildman–Crippen LogP) is 2.12. The Hall–Kier alpha value is -1.16. The van der Waals surface area contributed by atoms with Crippen LogP contribution in [0.2, 0.25) is 0 Å². The molecule has 0 aliphatic heterocycles. The van der Waals surface area contributed by atoms with E-state index in [2.05, 4.69) is 0 Å². The predicted molar refractivity (Wildman–Crippen MR) is 51.6 cm³/mol. The zero-order valence-corrected chi connectivity index (χ0v) is 8.18. The molecule has 0 amide bonds. The van der Waals surface area contributed by atoms with Crippen LogP contribution in [0.15, 0.2) is 17.0 Å². The standard InChI is InChI=1S/C9H10O3S/c1-5-3-8(13-2)6(9(11)12)4-7(5)10/h3-4,10H,1-2H3,(H,11,12). The van der Waals surface area contributed by atoms with Gasteiger partial charge in [0.2, 0.25) is 0 Å². The van der Waals surface area contributed by atoms with Crippen LogP contribution in [0.3, 0.4) is 0 Å². The first-order valence-corrected chi connectivity index (χ1v) is 4.89. The van der Waals surface area contributed by atoms with E-state index in [1.165, 1.54) is 17.8 Å². The molecule has 3 nitrogen and oxygen atoms in total. The van der Waals surface area contributed by atoms with E-state index in [1.54, 1.807) is 19.2 Å². The molecule has 0 bridgehead atoms. The highest BCUT2D eigenvalue weighted by atomic mass is 32.2. The lowest BCUT2D eigenvalue weighted by molar-refractivity contribution is 0.0692. The van der Waals surface area contributed by atoms with Crippen molar-refractivity contribution in [3.05, 3.63) is 23.3 Å². The van der Waals surface area contributed by atoms with E-state index in [1.807, 2.05) is 0 Å². The second-order valence-electron chi connectivity index (χ2n) is 2.64. The normalized spacial score (nSPS) is 10.0. The van der Waals surface area contributed by atoms with Gasteiger partial charge in [0.05, 0.1) is 5.56 Å². The van der Waals surface area contributed by atoms with Crippen LogP contribution in [-0.4, -0.2) is 22.4 Å². The molecule has 0 saturated heterocycles. The first-order valence-electron chi connectivity index (χ1n) is 3.67. The smallest absolute Gasteiger partial charge is 0.336 e. The van der Waals surface area contributed by atoms with Crippen LogP contribution in [-0.2, 0) is 0 Å².